The second kappa shape index (κ2) is 11.2. The lowest BCUT2D eigenvalue weighted by Crippen LogP contribution is -2.39. The number of nitrogens with zero attached hydrogens (tertiary/aromatic N) is 2. The highest BCUT2D eigenvalue weighted by atomic mass is 16.5. The topological polar surface area (TPSA) is 49.9 Å². The van der Waals surface area contributed by atoms with Gasteiger partial charge in [-0.05, 0) is 36.8 Å². The number of hydrogen-bond acceptors (Lipinski definition) is 3. The van der Waals surface area contributed by atoms with E-state index in [4.69, 9.17) is 4.74 Å². The molecule has 0 N–H and O–H groups in total. The number of amides is 2. The van der Waals surface area contributed by atoms with Crippen molar-refractivity contribution in [3.05, 3.63) is 29.8 Å². The number of carbonyl (C=O) groups excluding carboxylic acids is 2. The Balaban J connectivity index is 1.42. The smallest absolute Gasteiger partial charge is 0.260 e. The fourth-order valence-electron chi connectivity index (χ4n) is 4.55. The van der Waals surface area contributed by atoms with Crippen molar-refractivity contribution < 1.29 is 14.3 Å². The maximum Gasteiger partial charge on any atom is 0.260 e. The first-order valence-corrected chi connectivity index (χ1v) is 11.4. The van der Waals surface area contributed by atoms with Crippen LogP contribution in [0, 0.1) is 5.92 Å². The first-order valence-electron chi connectivity index (χ1n) is 11.4. The molecule has 0 spiro atoms. The van der Waals surface area contributed by atoms with Crippen molar-refractivity contribution in [2.24, 2.45) is 5.92 Å². The zero-order valence-electron chi connectivity index (χ0n) is 17.9. The summed E-state index contributed by atoms with van der Waals surface area (Å²) in [7, 11) is 0. The van der Waals surface area contributed by atoms with Crippen LogP contribution in [0.4, 0.5) is 0 Å². The first kappa shape index (κ1) is 21.7. The average molecular weight is 401 g/mol. The number of hydrogen-bond donors (Lipinski definition) is 0. The Labute approximate surface area is 175 Å². The van der Waals surface area contributed by atoms with Crippen LogP contribution in [0.15, 0.2) is 24.3 Å². The van der Waals surface area contributed by atoms with Gasteiger partial charge in [-0.25, -0.2) is 0 Å². The number of ether oxygens (including phenoxy) is 1. The summed E-state index contributed by atoms with van der Waals surface area (Å²) in [4.78, 5) is 29.1. The van der Waals surface area contributed by atoms with Crippen LogP contribution in [0.2, 0.25) is 0 Å². The minimum Gasteiger partial charge on any atom is -0.483 e. The minimum atomic E-state index is 0.00686. The van der Waals surface area contributed by atoms with E-state index in [-0.39, 0.29) is 18.4 Å². The van der Waals surface area contributed by atoms with Crippen LogP contribution in [0.25, 0.3) is 0 Å². The molecular formula is C24H36N2O3. The van der Waals surface area contributed by atoms with Crippen molar-refractivity contribution in [1.29, 1.82) is 0 Å². The van der Waals surface area contributed by atoms with Crippen molar-refractivity contribution in [2.45, 2.75) is 64.7 Å². The Kier molecular flexibility index (Phi) is 8.38. The Morgan fingerprint density at radius 3 is 2.34 bits per heavy atom. The molecule has 1 aromatic rings. The van der Waals surface area contributed by atoms with E-state index in [1.54, 1.807) is 0 Å². The van der Waals surface area contributed by atoms with Crippen LogP contribution < -0.4 is 4.74 Å². The van der Waals surface area contributed by atoms with Gasteiger partial charge in [-0.1, -0.05) is 57.2 Å². The van der Waals surface area contributed by atoms with Crippen molar-refractivity contribution >= 4 is 11.8 Å². The van der Waals surface area contributed by atoms with Crippen LogP contribution in [0.1, 0.15) is 63.9 Å². The highest BCUT2D eigenvalue weighted by Crippen LogP contribution is 2.27. The molecule has 2 aliphatic rings. The van der Waals surface area contributed by atoms with E-state index in [1.807, 2.05) is 34.1 Å². The maximum absolute atomic E-state index is 12.6. The van der Waals surface area contributed by atoms with Gasteiger partial charge >= 0.3 is 0 Å². The predicted molar refractivity (Wildman–Crippen MR) is 115 cm³/mol. The second-order valence-electron chi connectivity index (χ2n) is 8.41. The molecule has 0 aromatic heterocycles. The van der Waals surface area contributed by atoms with Gasteiger partial charge in [0.15, 0.2) is 6.61 Å². The quantitative estimate of drug-likeness (QED) is 0.694. The van der Waals surface area contributed by atoms with Gasteiger partial charge in [0.1, 0.15) is 5.75 Å². The number of carbonyl (C=O) groups is 2. The van der Waals surface area contributed by atoms with E-state index < -0.39 is 0 Å². The lowest BCUT2D eigenvalue weighted by atomic mass is 9.86. The number of para-hydroxylation sites is 1. The number of rotatable bonds is 7. The molecule has 2 fully saturated rings. The zero-order valence-corrected chi connectivity index (χ0v) is 17.9. The summed E-state index contributed by atoms with van der Waals surface area (Å²) in [5, 5.41) is 0. The van der Waals surface area contributed by atoms with E-state index in [1.165, 1.54) is 32.1 Å². The lowest BCUT2D eigenvalue weighted by molar-refractivity contribution is -0.135. The molecule has 0 unspecified atom stereocenters. The molecule has 0 atom stereocenters. The molecule has 3 rings (SSSR count). The van der Waals surface area contributed by atoms with Gasteiger partial charge < -0.3 is 14.5 Å². The minimum absolute atomic E-state index is 0.00686. The van der Waals surface area contributed by atoms with E-state index >= 15 is 0 Å². The van der Waals surface area contributed by atoms with E-state index in [2.05, 4.69) is 6.92 Å². The van der Waals surface area contributed by atoms with E-state index in [0.29, 0.717) is 26.1 Å². The molecule has 0 radical (unpaired) electrons. The third kappa shape index (κ3) is 6.48. The normalized spacial score (nSPS) is 18.4. The van der Waals surface area contributed by atoms with Gasteiger partial charge in [-0.2, -0.15) is 0 Å². The van der Waals surface area contributed by atoms with Crippen LogP contribution in [0.5, 0.6) is 5.75 Å². The van der Waals surface area contributed by atoms with Crippen LogP contribution in [0.3, 0.4) is 0 Å². The molecule has 5 heteroatoms. The molecule has 2 amide bonds. The van der Waals surface area contributed by atoms with Gasteiger partial charge in [0, 0.05) is 32.6 Å². The third-order valence-corrected chi connectivity index (χ3v) is 6.40. The zero-order chi connectivity index (χ0) is 20.5. The Morgan fingerprint density at radius 2 is 1.62 bits per heavy atom. The molecule has 1 aliphatic heterocycles. The summed E-state index contributed by atoms with van der Waals surface area (Å²) >= 11 is 0. The van der Waals surface area contributed by atoms with Gasteiger partial charge in [0.2, 0.25) is 5.91 Å². The molecule has 0 bridgehead atoms. The first-order chi connectivity index (χ1) is 14.2. The molecule has 1 saturated carbocycles. The molecule has 1 saturated heterocycles. The highest BCUT2D eigenvalue weighted by molar-refractivity contribution is 5.78. The van der Waals surface area contributed by atoms with Crippen LogP contribution in [-0.2, 0) is 16.0 Å². The molecule has 29 heavy (non-hydrogen) atoms. The average Bonchev–Trinajstić information content (AvgIpc) is 3.03. The molecular weight excluding hydrogens is 364 g/mol. The Hall–Kier alpha value is -2.04. The SMILES string of the molecule is CCc1ccccc1OCC(=O)N1CCCN(C(=O)CCC2CCCCC2)CC1. The third-order valence-electron chi connectivity index (χ3n) is 6.40. The number of benzene rings is 1. The van der Waals surface area contributed by atoms with Gasteiger partial charge in [0.25, 0.3) is 5.91 Å². The largest absolute Gasteiger partial charge is 0.483 e. The molecule has 1 aliphatic carbocycles. The van der Waals surface area contributed by atoms with Crippen molar-refractivity contribution in [3.63, 3.8) is 0 Å². The molecule has 5 nitrogen and oxygen atoms in total. The van der Waals surface area contributed by atoms with E-state index in [9.17, 15) is 9.59 Å². The van der Waals surface area contributed by atoms with Gasteiger partial charge in [-0.15, -0.1) is 0 Å². The fourth-order valence-corrected chi connectivity index (χ4v) is 4.55. The summed E-state index contributed by atoms with van der Waals surface area (Å²) in [5.41, 5.74) is 1.12. The summed E-state index contributed by atoms with van der Waals surface area (Å²) in [5.74, 6) is 1.80. The molecule has 1 heterocycles. The molecule has 1 aromatic carbocycles. The Morgan fingerprint density at radius 1 is 0.931 bits per heavy atom. The summed E-state index contributed by atoms with van der Waals surface area (Å²) in [6.07, 6.45) is 9.99. The van der Waals surface area contributed by atoms with Crippen molar-refractivity contribution in [3.8, 4) is 5.75 Å². The van der Waals surface area contributed by atoms with Crippen molar-refractivity contribution in [2.75, 3.05) is 32.8 Å². The summed E-state index contributed by atoms with van der Waals surface area (Å²) in [6.45, 7) is 4.84. The standard InChI is InChI=1S/C24H36N2O3/c1-2-21-11-6-7-12-22(21)29-19-24(28)26-16-8-15-25(17-18-26)23(27)14-13-20-9-4-3-5-10-20/h6-7,11-12,20H,2-5,8-10,13-19H2,1H3. The monoisotopic (exact) mass is 400 g/mol. The van der Waals surface area contributed by atoms with Crippen LogP contribution >= 0.6 is 0 Å². The lowest BCUT2D eigenvalue weighted by Gasteiger charge is -2.24. The maximum atomic E-state index is 12.6. The van der Waals surface area contributed by atoms with E-state index in [0.717, 1.165) is 43.0 Å². The summed E-state index contributed by atoms with van der Waals surface area (Å²) < 4.78 is 5.79. The van der Waals surface area contributed by atoms with Crippen LogP contribution in [-0.4, -0.2) is 54.4 Å². The van der Waals surface area contributed by atoms with Crippen molar-refractivity contribution in [1.82, 2.24) is 9.80 Å². The second-order valence-corrected chi connectivity index (χ2v) is 8.41. The van der Waals surface area contributed by atoms with Gasteiger partial charge in [-0.3, -0.25) is 9.59 Å². The predicted octanol–water partition coefficient (Wildman–Crippen LogP) is 4.05. The van der Waals surface area contributed by atoms with Gasteiger partial charge in [0.05, 0.1) is 0 Å². The number of aryl methyl sites for hydroxylation is 1. The highest BCUT2D eigenvalue weighted by Gasteiger charge is 2.23. The fraction of sp³-hybridized carbons (Fsp3) is 0.667. The Bertz CT molecular complexity index is 670. The summed E-state index contributed by atoms with van der Waals surface area (Å²) in [6, 6.07) is 7.87. The molecule has 160 valence electrons.